The molecule has 1 heterocycles. The van der Waals surface area contributed by atoms with Gasteiger partial charge in [0.15, 0.2) is 0 Å². The minimum absolute atomic E-state index is 0.363. The summed E-state index contributed by atoms with van der Waals surface area (Å²) in [5, 5.41) is 15.7. The third-order valence-electron chi connectivity index (χ3n) is 1.97. The van der Waals surface area contributed by atoms with E-state index in [1.807, 2.05) is 16.9 Å². The zero-order chi connectivity index (χ0) is 11.1. The first-order chi connectivity index (χ1) is 7.20. The molecular weight excluding hydrogens is 194 g/mol. The van der Waals surface area contributed by atoms with E-state index in [0.717, 1.165) is 13.1 Å². The molecule has 1 rings (SSSR count). The number of carboxylic acid groups (broad SMARTS) is 1. The molecule has 0 saturated carbocycles. The first-order valence-corrected chi connectivity index (χ1v) is 4.78. The summed E-state index contributed by atoms with van der Waals surface area (Å²) in [5.41, 5.74) is 0.363. The summed E-state index contributed by atoms with van der Waals surface area (Å²) in [7, 11) is 0. The summed E-state index contributed by atoms with van der Waals surface area (Å²) in [6.07, 6.45) is 5.28. The largest absolute Gasteiger partial charge is 0.478 e. The Hall–Kier alpha value is -1.62. The molecule has 0 fully saturated rings. The smallest absolute Gasteiger partial charge is 0.330 e. The van der Waals surface area contributed by atoms with Crippen molar-refractivity contribution in [3.8, 4) is 0 Å². The highest BCUT2D eigenvalue weighted by atomic mass is 16.4. The van der Waals surface area contributed by atoms with Crippen LogP contribution in [0.15, 0.2) is 30.1 Å². The van der Waals surface area contributed by atoms with E-state index in [4.69, 9.17) is 5.11 Å². The van der Waals surface area contributed by atoms with Crippen LogP contribution in [0.4, 0.5) is 0 Å². The molecule has 2 N–H and O–H groups in total. The van der Waals surface area contributed by atoms with Crippen molar-refractivity contribution < 1.29 is 9.90 Å². The topological polar surface area (TPSA) is 67.2 Å². The van der Waals surface area contributed by atoms with Gasteiger partial charge in [-0.1, -0.05) is 6.08 Å². The lowest BCUT2D eigenvalue weighted by atomic mass is 10.3. The third kappa shape index (κ3) is 4.42. The quantitative estimate of drug-likeness (QED) is 0.529. The molecule has 0 unspecified atom stereocenters. The molecule has 0 saturated heterocycles. The molecule has 82 valence electrons. The second-order valence-corrected chi connectivity index (χ2v) is 3.17. The van der Waals surface area contributed by atoms with Gasteiger partial charge in [-0.2, -0.15) is 5.10 Å². The summed E-state index contributed by atoms with van der Waals surface area (Å²) in [6.45, 7) is 3.70. The van der Waals surface area contributed by atoms with Gasteiger partial charge in [0.1, 0.15) is 0 Å². The fourth-order valence-corrected chi connectivity index (χ4v) is 1.04. The van der Waals surface area contributed by atoms with Crippen LogP contribution in [-0.2, 0) is 11.3 Å². The van der Waals surface area contributed by atoms with Gasteiger partial charge in [-0.3, -0.25) is 4.68 Å². The number of nitrogens with one attached hydrogen (secondary N) is 1. The van der Waals surface area contributed by atoms with Crippen molar-refractivity contribution in [3.63, 3.8) is 0 Å². The number of aromatic nitrogens is 2. The van der Waals surface area contributed by atoms with Crippen molar-refractivity contribution in [2.24, 2.45) is 0 Å². The normalized spacial score (nSPS) is 11.7. The molecule has 0 aliphatic carbocycles. The Balaban J connectivity index is 2.12. The first kappa shape index (κ1) is 11.5. The lowest BCUT2D eigenvalue weighted by Gasteiger charge is -2.02. The van der Waals surface area contributed by atoms with Crippen molar-refractivity contribution in [2.45, 2.75) is 13.5 Å². The highest BCUT2D eigenvalue weighted by Gasteiger charge is 1.97. The highest BCUT2D eigenvalue weighted by Crippen LogP contribution is 1.89. The zero-order valence-electron chi connectivity index (χ0n) is 8.68. The van der Waals surface area contributed by atoms with Crippen molar-refractivity contribution >= 4 is 5.97 Å². The molecule has 0 aliphatic heterocycles. The van der Waals surface area contributed by atoms with Crippen molar-refractivity contribution in [3.05, 3.63) is 30.1 Å². The maximum Gasteiger partial charge on any atom is 0.330 e. The number of carbonyl (C=O) groups is 1. The minimum Gasteiger partial charge on any atom is -0.478 e. The monoisotopic (exact) mass is 209 g/mol. The van der Waals surface area contributed by atoms with Crippen molar-refractivity contribution in [1.29, 1.82) is 0 Å². The number of nitrogens with zero attached hydrogens (tertiary/aromatic N) is 2. The molecule has 1 aromatic heterocycles. The van der Waals surface area contributed by atoms with Crippen LogP contribution in [0.3, 0.4) is 0 Å². The molecular formula is C10H15N3O2. The van der Waals surface area contributed by atoms with Gasteiger partial charge >= 0.3 is 5.97 Å². The Morgan fingerprint density at radius 2 is 2.47 bits per heavy atom. The molecule has 5 nitrogen and oxygen atoms in total. The summed E-state index contributed by atoms with van der Waals surface area (Å²) >= 11 is 0. The van der Waals surface area contributed by atoms with Crippen LogP contribution in [0.2, 0.25) is 0 Å². The summed E-state index contributed by atoms with van der Waals surface area (Å²) in [6, 6.07) is 1.87. The van der Waals surface area contributed by atoms with Crippen LogP contribution in [0, 0.1) is 0 Å². The van der Waals surface area contributed by atoms with E-state index in [2.05, 4.69) is 10.4 Å². The van der Waals surface area contributed by atoms with E-state index >= 15 is 0 Å². The Morgan fingerprint density at radius 1 is 1.67 bits per heavy atom. The lowest BCUT2D eigenvalue weighted by molar-refractivity contribution is -0.132. The third-order valence-corrected chi connectivity index (χ3v) is 1.97. The number of aliphatic carboxylic acids is 1. The molecule has 0 aliphatic rings. The van der Waals surface area contributed by atoms with E-state index in [-0.39, 0.29) is 0 Å². The number of rotatable bonds is 6. The highest BCUT2D eigenvalue weighted by molar-refractivity contribution is 5.85. The van der Waals surface area contributed by atoms with E-state index in [1.165, 1.54) is 0 Å². The maximum absolute atomic E-state index is 10.4. The predicted octanol–water partition coefficient (Wildman–Crippen LogP) is 0.504. The summed E-state index contributed by atoms with van der Waals surface area (Å²) in [5.74, 6) is -0.871. The fourth-order valence-electron chi connectivity index (χ4n) is 1.04. The van der Waals surface area contributed by atoms with Crippen LogP contribution in [0.1, 0.15) is 6.92 Å². The lowest BCUT2D eigenvalue weighted by Crippen LogP contribution is -2.20. The average Bonchev–Trinajstić information content (AvgIpc) is 2.69. The van der Waals surface area contributed by atoms with Crippen LogP contribution in [0.25, 0.3) is 0 Å². The van der Waals surface area contributed by atoms with Gasteiger partial charge in [-0.25, -0.2) is 4.79 Å². The molecule has 0 amide bonds. The number of hydrogen-bond acceptors (Lipinski definition) is 3. The molecule has 1 aromatic rings. The molecule has 0 radical (unpaired) electrons. The van der Waals surface area contributed by atoms with Gasteiger partial charge in [0, 0.05) is 31.1 Å². The SMILES string of the molecule is C/C(=C/CNCCn1cccn1)C(=O)O. The zero-order valence-corrected chi connectivity index (χ0v) is 8.68. The van der Waals surface area contributed by atoms with Crippen LogP contribution in [-0.4, -0.2) is 33.9 Å². The average molecular weight is 209 g/mol. The number of carboxylic acids is 1. The van der Waals surface area contributed by atoms with E-state index in [1.54, 1.807) is 19.2 Å². The van der Waals surface area contributed by atoms with Gasteiger partial charge in [0.25, 0.3) is 0 Å². The standard InChI is InChI=1S/C10H15N3O2/c1-9(10(14)15)3-5-11-6-8-13-7-2-4-12-13/h2-4,7,11H,5-6,8H2,1H3,(H,14,15)/b9-3-. The second kappa shape index (κ2) is 5.98. The summed E-state index contributed by atoms with van der Waals surface area (Å²) in [4.78, 5) is 10.4. The Morgan fingerprint density at radius 3 is 3.07 bits per heavy atom. The van der Waals surface area contributed by atoms with Crippen molar-refractivity contribution in [1.82, 2.24) is 15.1 Å². The first-order valence-electron chi connectivity index (χ1n) is 4.78. The van der Waals surface area contributed by atoms with Gasteiger partial charge in [0.2, 0.25) is 0 Å². The summed E-state index contributed by atoms with van der Waals surface area (Å²) < 4.78 is 1.82. The molecule has 15 heavy (non-hydrogen) atoms. The van der Waals surface area contributed by atoms with Crippen LogP contribution < -0.4 is 5.32 Å². The Kier molecular flexibility index (Phi) is 4.56. The van der Waals surface area contributed by atoms with Crippen LogP contribution >= 0.6 is 0 Å². The van der Waals surface area contributed by atoms with Gasteiger partial charge < -0.3 is 10.4 Å². The number of hydrogen-bond donors (Lipinski definition) is 2. The van der Waals surface area contributed by atoms with E-state index in [9.17, 15) is 4.79 Å². The Labute approximate surface area is 88.4 Å². The van der Waals surface area contributed by atoms with E-state index < -0.39 is 5.97 Å². The van der Waals surface area contributed by atoms with Gasteiger partial charge in [0.05, 0.1) is 6.54 Å². The molecule has 0 bridgehead atoms. The second-order valence-electron chi connectivity index (χ2n) is 3.17. The predicted molar refractivity (Wildman–Crippen MR) is 56.5 cm³/mol. The molecule has 0 aromatic carbocycles. The molecule has 0 spiro atoms. The molecule has 0 atom stereocenters. The minimum atomic E-state index is -0.871. The van der Waals surface area contributed by atoms with E-state index in [0.29, 0.717) is 12.1 Å². The van der Waals surface area contributed by atoms with Crippen LogP contribution in [0.5, 0.6) is 0 Å². The molecule has 5 heteroatoms. The van der Waals surface area contributed by atoms with Gasteiger partial charge in [-0.05, 0) is 13.0 Å². The van der Waals surface area contributed by atoms with Gasteiger partial charge in [-0.15, -0.1) is 0 Å². The van der Waals surface area contributed by atoms with Crippen molar-refractivity contribution in [2.75, 3.05) is 13.1 Å². The fraction of sp³-hybridized carbons (Fsp3) is 0.400. The maximum atomic E-state index is 10.4. The Bertz CT molecular complexity index is 330.